The highest BCUT2D eigenvalue weighted by atomic mass is 35.5. The van der Waals surface area contributed by atoms with Crippen molar-refractivity contribution < 1.29 is 75.4 Å². The van der Waals surface area contributed by atoms with Gasteiger partial charge in [-0.15, -0.1) is 0 Å². The Morgan fingerprint density at radius 2 is 1.25 bits per heavy atom. The third-order valence-corrected chi connectivity index (χ3v) is 22.8. The van der Waals surface area contributed by atoms with Crippen molar-refractivity contribution in [3.05, 3.63) is 69.7 Å². The highest BCUT2D eigenvalue weighted by molar-refractivity contribution is 6.31. The maximum absolute atomic E-state index is 16.0. The van der Waals surface area contributed by atoms with Crippen molar-refractivity contribution in [2.45, 2.75) is 223 Å². The molecule has 10 atom stereocenters. The molecule has 2 aliphatic carbocycles. The largest absolute Gasteiger partial charge is 0.417 e. The Kier molecular flexibility index (Phi) is 27.9. The molecular weight excluding hydrogens is 1370 g/mol. The standard InChI is InChI=1S/C75H108ClF3N12O13/c1-13-47(5)64-71(101)85(8)41-62(94)83(6)42-63(95)87(10)58(38-49-25-23-46(4)24-26-49)69(99)84(7)40-60(92)80-55(32-28-48-27-31-53(54(76)37-48)75(77,78)79)68(98)90-35-19-22-56(90)67(97)82-74(33-17-18-34-74)73(103)89(12)65(50-20-15-14-16-21-50)72(102)88(11)59(70(100)91-51-29-30-52(91)44-104-43-51)39-61(93)86(9)57(36-45(2)3)66(96)81-64/h23-27,31,37,45,47,50-52,55-59,64-65H,13-22,28-30,32-36,38-44H2,1-12H3,(H,80,92)(H,81,96)(H,82,97)/t47-,51?,52?,55-,56-,57-,58-,59-,64-,65-/m0/s1. The van der Waals surface area contributed by atoms with Gasteiger partial charge in [-0.2, -0.15) is 13.2 Å². The molecule has 4 aliphatic heterocycles. The summed E-state index contributed by atoms with van der Waals surface area (Å²) in [5.41, 5.74) is -0.843. The molecule has 3 N–H and O–H groups in total. The lowest BCUT2D eigenvalue weighted by Crippen LogP contribution is -2.65. The number of likely N-dealkylation sites (N-methyl/N-ethyl adjacent to an activating group) is 7. The summed E-state index contributed by atoms with van der Waals surface area (Å²) < 4.78 is 47.6. The maximum atomic E-state index is 16.0. The molecular formula is C75H108ClF3N12O13. The van der Waals surface area contributed by atoms with Gasteiger partial charge in [0.1, 0.15) is 47.8 Å². The van der Waals surface area contributed by atoms with Crippen LogP contribution in [0.3, 0.4) is 0 Å². The van der Waals surface area contributed by atoms with E-state index in [0.717, 1.165) is 56.6 Å². The van der Waals surface area contributed by atoms with Gasteiger partial charge in [-0.05, 0) is 119 Å². The maximum Gasteiger partial charge on any atom is 0.417 e. The van der Waals surface area contributed by atoms with Crippen molar-refractivity contribution in [3.8, 4) is 0 Å². The quantitative estimate of drug-likeness (QED) is 0.255. The van der Waals surface area contributed by atoms with Crippen LogP contribution >= 0.6 is 11.6 Å². The predicted octanol–water partition coefficient (Wildman–Crippen LogP) is 5.38. The number of hydrogen-bond acceptors (Lipinski definition) is 13. The van der Waals surface area contributed by atoms with Gasteiger partial charge in [-0.25, -0.2) is 0 Å². The highest BCUT2D eigenvalue weighted by Gasteiger charge is 2.53. The summed E-state index contributed by atoms with van der Waals surface area (Å²) in [6.45, 7) is 7.86. The fraction of sp³-hybridized carbons (Fsp3) is 0.680. The van der Waals surface area contributed by atoms with E-state index >= 15 is 28.8 Å². The number of benzene rings is 2. The monoisotopic (exact) mass is 1480 g/mol. The van der Waals surface area contributed by atoms with Gasteiger partial charge in [0.05, 0.1) is 61.9 Å². The van der Waals surface area contributed by atoms with E-state index in [-0.39, 0.29) is 88.3 Å². The second-order valence-corrected chi connectivity index (χ2v) is 30.8. The fourth-order valence-corrected chi connectivity index (χ4v) is 16.2. The molecule has 8 rings (SSSR count). The van der Waals surface area contributed by atoms with Crippen LogP contribution in [0, 0.1) is 24.7 Å². The van der Waals surface area contributed by atoms with Crippen molar-refractivity contribution in [2.75, 3.05) is 88.7 Å². The number of nitrogens with zero attached hydrogens (tertiary/aromatic N) is 9. The summed E-state index contributed by atoms with van der Waals surface area (Å²) in [6, 6.07) is 0.580. The van der Waals surface area contributed by atoms with Crippen molar-refractivity contribution in [3.63, 3.8) is 0 Å². The van der Waals surface area contributed by atoms with Gasteiger partial charge in [-0.1, -0.05) is 114 Å². The van der Waals surface area contributed by atoms with E-state index in [4.69, 9.17) is 16.3 Å². The smallest absolute Gasteiger partial charge is 0.377 e. The topological polar surface area (TPSA) is 279 Å². The van der Waals surface area contributed by atoms with Gasteiger partial charge < -0.3 is 64.8 Å². The van der Waals surface area contributed by atoms with Crippen molar-refractivity contribution in [1.29, 1.82) is 0 Å². The van der Waals surface area contributed by atoms with Crippen LogP contribution in [0.25, 0.3) is 0 Å². The number of alkyl halides is 3. The molecule has 4 heterocycles. The number of carbonyl (C=O) groups excluding carboxylic acids is 12. The number of halogens is 4. The molecule has 574 valence electrons. The first-order valence-corrected chi connectivity index (χ1v) is 37.3. The number of aryl methyl sites for hydroxylation is 2. The molecule has 6 aliphatic rings. The number of ether oxygens (including phenoxy) is 1. The van der Waals surface area contributed by atoms with Gasteiger partial charge in [0.25, 0.3) is 0 Å². The summed E-state index contributed by atoms with van der Waals surface area (Å²) in [5, 5.41) is 8.15. The Balaban J connectivity index is 1.19. The Labute approximate surface area is 614 Å². The van der Waals surface area contributed by atoms with Gasteiger partial charge in [0, 0.05) is 62.3 Å². The molecule has 1 spiro atoms. The minimum absolute atomic E-state index is 0.0182. The van der Waals surface area contributed by atoms with Crippen LogP contribution in [-0.4, -0.2) is 264 Å². The van der Waals surface area contributed by atoms with E-state index < -0.39 is 173 Å². The molecule has 25 nitrogen and oxygen atoms in total. The zero-order valence-corrected chi connectivity index (χ0v) is 63.2. The minimum Gasteiger partial charge on any atom is -0.377 e. The van der Waals surface area contributed by atoms with E-state index in [1.54, 1.807) is 24.0 Å². The lowest BCUT2D eigenvalue weighted by molar-refractivity contribution is -0.159. The van der Waals surface area contributed by atoms with Crippen LogP contribution in [0.1, 0.15) is 159 Å². The normalized spacial score (nSPS) is 27.1. The molecule has 2 unspecified atom stereocenters. The van der Waals surface area contributed by atoms with Crippen LogP contribution in [0.2, 0.25) is 5.02 Å². The molecule has 6 fully saturated rings. The average Bonchev–Trinajstić information content (AvgIpc) is 1.56. The van der Waals surface area contributed by atoms with Crippen LogP contribution in [0.5, 0.6) is 0 Å². The number of amides is 12. The fourth-order valence-electron chi connectivity index (χ4n) is 15.9. The Bertz CT molecular complexity index is 3460. The number of rotatable bonds is 11. The Morgan fingerprint density at radius 3 is 1.86 bits per heavy atom. The predicted molar refractivity (Wildman–Crippen MR) is 381 cm³/mol. The number of carbonyl (C=O) groups is 12. The second-order valence-electron chi connectivity index (χ2n) is 30.4. The molecule has 2 saturated carbocycles. The van der Waals surface area contributed by atoms with E-state index in [1.165, 1.54) is 75.0 Å². The van der Waals surface area contributed by atoms with Gasteiger partial charge in [0.15, 0.2) is 0 Å². The number of hydrogen-bond donors (Lipinski definition) is 3. The third kappa shape index (κ3) is 19.4. The SMILES string of the molecule is CC[C@H](C)[C@@H]1NC(=O)[C@H](CC(C)C)N(C)C(=O)C[C@@H](C(=O)N2C3CCC2COC3)N(C)C(=O)[C@H](C2CCCCC2)N(C)C(=O)C2(CCCC2)NC(=O)[C@@H]2CCCN2C(=O)[C@H](CCc2ccc(C(F)(F)F)c(Cl)c2)NC(=O)CN(C)C(=O)[C@H](Cc2ccc(C)cc2)N(C)C(=O)CN(C)C(=O)CN(C)C1=O. The van der Waals surface area contributed by atoms with Crippen LogP contribution in [0.15, 0.2) is 42.5 Å². The van der Waals surface area contributed by atoms with E-state index in [2.05, 4.69) is 16.0 Å². The van der Waals surface area contributed by atoms with Crippen LogP contribution in [-0.2, 0) is 81.3 Å². The summed E-state index contributed by atoms with van der Waals surface area (Å²) in [7, 11) is 9.85. The highest BCUT2D eigenvalue weighted by Crippen LogP contribution is 2.39. The van der Waals surface area contributed by atoms with Gasteiger partial charge in [0.2, 0.25) is 70.9 Å². The molecule has 0 radical (unpaired) electrons. The summed E-state index contributed by atoms with van der Waals surface area (Å²) in [5.74, 6) is -9.20. The van der Waals surface area contributed by atoms with E-state index in [0.29, 0.717) is 56.9 Å². The molecule has 2 aromatic carbocycles. The van der Waals surface area contributed by atoms with Crippen molar-refractivity contribution in [1.82, 2.24) is 60.0 Å². The Hall–Kier alpha value is -7.88. The summed E-state index contributed by atoms with van der Waals surface area (Å²) >= 11 is 6.17. The number of nitrogens with one attached hydrogen (secondary N) is 3. The number of morpholine rings is 1. The number of fused-ring (bicyclic) bond motifs is 3. The zero-order chi connectivity index (χ0) is 76.4. The molecule has 0 aromatic heterocycles. The minimum atomic E-state index is -4.77. The molecule has 12 amide bonds. The first kappa shape index (κ1) is 81.8. The van der Waals surface area contributed by atoms with Gasteiger partial charge in [-0.3, -0.25) is 57.5 Å². The lowest BCUT2D eigenvalue weighted by atomic mass is 9.81. The molecule has 104 heavy (non-hydrogen) atoms. The zero-order valence-electron chi connectivity index (χ0n) is 62.5. The van der Waals surface area contributed by atoms with E-state index in [9.17, 15) is 41.9 Å². The molecule has 2 bridgehead atoms. The molecule has 4 saturated heterocycles. The average molecular weight is 1480 g/mol. The van der Waals surface area contributed by atoms with Crippen LogP contribution < -0.4 is 16.0 Å². The van der Waals surface area contributed by atoms with Crippen molar-refractivity contribution >= 4 is 82.5 Å². The Morgan fingerprint density at radius 1 is 0.644 bits per heavy atom. The first-order valence-electron chi connectivity index (χ1n) is 36.9. The summed E-state index contributed by atoms with van der Waals surface area (Å²) in [6.07, 6.45) is 1.16. The summed E-state index contributed by atoms with van der Waals surface area (Å²) in [4.78, 5) is 192. The second kappa shape index (κ2) is 35.5. The third-order valence-electron chi connectivity index (χ3n) is 22.4. The van der Waals surface area contributed by atoms with E-state index in [1.807, 2.05) is 39.8 Å². The van der Waals surface area contributed by atoms with Crippen LogP contribution in [0.4, 0.5) is 13.2 Å². The molecule has 2 aromatic rings. The van der Waals surface area contributed by atoms with Gasteiger partial charge >= 0.3 is 6.18 Å². The van der Waals surface area contributed by atoms with Crippen molar-refractivity contribution in [2.24, 2.45) is 17.8 Å². The first-order chi connectivity index (χ1) is 49.1. The molecule has 29 heteroatoms. The lowest BCUT2D eigenvalue weighted by Gasteiger charge is -2.44.